The molecule has 51 heavy (non-hydrogen) atoms. The molecule has 1 unspecified atom stereocenters. The predicted molar refractivity (Wildman–Crippen MR) is 193 cm³/mol. The molecule has 0 bridgehead atoms. The average molecular weight is 744 g/mol. The molecular weight excluding hydrogens is 700 g/mol. The number of aromatic nitrogens is 3. The summed E-state index contributed by atoms with van der Waals surface area (Å²) in [5.41, 5.74) is 4.13. The third kappa shape index (κ3) is 7.21. The maximum atomic E-state index is 13.2. The number of piperazine rings is 1. The van der Waals surface area contributed by atoms with Gasteiger partial charge in [0.15, 0.2) is 0 Å². The Morgan fingerprint density at radius 1 is 1.04 bits per heavy atom. The van der Waals surface area contributed by atoms with Gasteiger partial charge in [0.2, 0.25) is 0 Å². The fourth-order valence-corrected chi connectivity index (χ4v) is 10.3. The summed E-state index contributed by atoms with van der Waals surface area (Å²) in [6.07, 6.45) is -3.18. The van der Waals surface area contributed by atoms with Gasteiger partial charge in [0.1, 0.15) is 28.2 Å². The van der Waals surface area contributed by atoms with Crippen LogP contribution in [0.3, 0.4) is 0 Å². The number of halogens is 3. The van der Waals surface area contributed by atoms with Crippen LogP contribution in [0.25, 0.3) is 21.1 Å². The van der Waals surface area contributed by atoms with Crippen LogP contribution >= 0.6 is 11.3 Å². The number of fused-ring (bicyclic) bond motifs is 2. The van der Waals surface area contributed by atoms with E-state index in [0.717, 1.165) is 73.6 Å². The van der Waals surface area contributed by atoms with Crippen molar-refractivity contribution < 1.29 is 21.6 Å². The van der Waals surface area contributed by atoms with Crippen molar-refractivity contribution in [2.24, 2.45) is 5.41 Å². The van der Waals surface area contributed by atoms with E-state index in [-0.39, 0.29) is 16.3 Å². The first-order valence-electron chi connectivity index (χ1n) is 17.4. The van der Waals surface area contributed by atoms with Crippen molar-refractivity contribution in [2.45, 2.75) is 65.3 Å². The summed E-state index contributed by atoms with van der Waals surface area (Å²) in [4.78, 5) is 17.1. The summed E-state index contributed by atoms with van der Waals surface area (Å²) in [5.74, 6) is 1.32. The Labute approximate surface area is 300 Å². The Bertz CT molecular complexity index is 2100. The SMILES string of the molecule is CNS(=O)(=O)N1CCN([C@@H](C)Cn2c(C#N)cc3c(C)c(CN4CCC5(CCN(c6nc(C)nc7sc(CC(F)(F)F)cc67)C5)C4)ccc32)CC1. The van der Waals surface area contributed by atoms with E-state index in [1.54, 1.807) is 13.0 Å². The zero-order valence-corrected chi connectivity index (χ0v) is 31.1. The molecular formula is C35H44F3N9O2S2. The molecule has 6 heterocycles. The topological polar surface area (TPSA) is 114 Å². The van der Waals surface area contributed by atoms with Crippen LogP contribution in [0.5, 0.6) is 0 Å². The largest absolute Gasteiger partial charge is 0.393 e. The summed E-state index contributed by atoms with van der Waals surface area (Å²) in [6.45, 7) is 13.1. The normalized spacial score (nSPS) is 21.8. The molecule has 0 saturated carbocycles. The molecule has 3 aliphatic heterocycles. The molecule has 3 saturated heterocycles. The van der Waals surface area contributed by atoms with Crippen LogP contribution in [-0.2, 0) is 29.7 Å². The average Bonchev–Trinajstić information content (AvgIpc) is 3.87. The first kappa shape index (κ1) is 36.0. The molecule has 11 nitrogen and oxygen atoms in total. The highest BCUT2D eigenvalue weighted by atomic mass is 32.2. The van der Waals surface area contributed by atoms with Crippen LogP contribution in [0.1, 0.15) is 47.3 Å². The summed E-state index contributed by atoms with van der Waals surface area (Å²) in [7, 11) is -2.01. The van der Waals surface area contributed by atoms with E-state index < -0.39 is 22.8 Å². The Morgan fingerprint density at radius 2 is 1.78 bits per heavy atom. The number of nitriles is 1. The van der Waals surface area contributed by atoms with Gasteiger partial charge in [-0.25, -0.2) is 14.7 Å². The second kappa shape index (κ2) is 13.6. The van der Waals surface area contributed by atoms with E-state index in [9.17, 15) is 26.9 Å². The minimum Gasteiger partial charge on any atom is -0.355 e. The molecule has 0 aliphatic carbocycles. The number of benzene rings is 1. The lowest BCUT2D eigenvalue weighted by Crippen LogP contribution is -2.54. The molecule has 0 radical (unpaired) electrons. The van der Waals surface area contributed by atoms with Crippen LogP contribution in [0.2, 0.25) is 0 Å². The van der Waals surface area contributed by atoms with Crippen molar-refractivity contribution in [3.05, 3.63) is 51.8 Å². The van der Waals surface area contributed by atoms with Crippen LogP contribution in [-0.4, -0.2) is 109 Å². The van der Waals surface area contributed by atoms with Gasteiger partial charge in [-0.1, -0.05) is 6.07 Å². The van der Waals surface area contributed by atoms with E-state index in [2.05, 4.69) is 61.0 Å². The second-order valence-electron chi connectivity index (χ2n) is 14.5. The molecule has 7 rings (SSSR count). The third-order valence-corrected chi connectivity index (χ3v) is 13.7. The van der Waals surface area contributed by atoms with Gasteiger partial charge >= 0.3 is 6.18 Å². The molecule has 16 heteroatoms. The standard InChI is InChI=1S/C35H44F3N9O2S2/c1-23(44-11-13-46(14-12-44)51(48,49)40-4)19-47-27(18-39)15-29-24(2)26(5-6-31(29)47)20-43-9-7-34(21-43)8-10-45(22-34)32-30-16-28(17-35(36,37)38)50-33(30)42-25(3)41-32/h5-6,15-16,23,40H,7-14,17,19-22H2,1-4H3/t23-,34?/m0/s1. The number of nitrogens with zero attached hydrogens (tertiary/aromatic N) is 8. The number of aryl methyl sites for hydroxylation is 2. The van der Waals surface area contributed by atoms with E-state index >= 15 is 0 Å². The van der Waals surface area contributed by atoms with Gasteiger partial charge in [-0.15, -0.1) is 11.3 Å². The highest BCUT2D eigenvalue weighted by molar-refractivity contribution is 7.87. The lowest BCUT2D eigenvalue weighted by molar-refractivity contribution is -0.126. The second-order valence-corrected chi connectivity index (χ2v) is 17.5. The molecule has 1 N–H and O–H groups in total. The number of hydrogen-bond donors (Lipinski definition) is 1. The summed E-state index contributed by atoms with van der Waals surface area (Å²) < 4.78 is 69.9. The molecule has 1 spiro atoms. The molecule has 4 aromatic rings. The number of anilines is 1. The van der Waals surface area contributed by atoms with Crippen LogP contribution in [0, 0.1) is 30.6 Å². The van der Waals surface area contributed by atoms with E-state index in [1.165, 1.54) is 22.5 Å². The van der Waals surface area contributed by atoms with Crippen molar-refractivity contribution >= 4 is 48.5 Å². The van der Waals surface area contributed by atoms with Crippen LogP contribution < -0.4 is 9.62 Å². The Morgan fingerprint density at radius 3 is 2.49 bits per heavy atom. The molecule has 0 amide bonds. The smallest absolute Gasteiger partial charge is 0.355 e. The minimum atomic E-state index is -4.27. The first-order chi connectivity index (χ1) is 24.2. The van der Waals surface area contributed by atoms with Crippen LogP contribution in [0.15, 0.2) is 24.3 Å². The summed E-state index contributed by atoms with van der Waals surface area (Å²) in [5, 5.41) is 11.9. The fraction of sp³-hybridized carbons (Fsp3) is 0.571. The van der Waals surface area contributed by atoms with Gasteiger partial charge in [0.05, 0.1) is 11.8 Å². The quantitative estimate of drug-likeness (QED) is 0.260. The van der Waals surface area contributed by atoms with Crippen molar-refractivity contribution in [1.82, 2.24) is 33.4 Å². The summed E-state index contributed by atoms with van der Waals surface area (Å²) >= 11 is 1.10. The van der Waals surface area contributed by atoms with Crippen molar-refractivity contribution in [2.75, 3.05) is 64.3 Å². The number of nitrogens with one attached hydrogen (secondary N) is 1. The van der Waals surface area contributed by atoms with Gasteiger partial charge in [0, 0.05) is 93.2 Å². The number of hydrogen-bond acceptors (Lipinski definition) is 9. The van der Waals surface area contributed by atoms with Crippen molar-refractivity contribution in [3.63, 3.8) is 0 Å². The lowest BCUT2D eigenvalue weighted by atomic mass is 9.86. The predicted octanol–water partition coefficient (Wildman–Crippen LogP) is 4.81. The Balaban J connectivity index is 1.03. The fourth-order valence-electron chi connectivity index (χ4n) is 8.31. The molecule has 1 aromatic carbocycles. The number of rotatable bonds is 9. The maximum absolute atomic E-state index is 13.2. The van der Waals surface area contributed by atoms with Crippen molar-refractivity contribution in [3.8, 4) is 6.07 Å². The van der Waals surface area contributed by atoms with Gasteiger partial charge < -0.3 is 9.47 Å². The zero-order chi connectivity index (χ0) is 36.3. The van der Waals surface area contributed by atoms with Crippen molar-refractivity contribution in [1.29, 1.82) is 5.26 Å². The zero-order valence-electron chi connectivity index (χ0n) is 29.4. The third-order valence-electron chi connectivity index (χ3n) is 11.1. The molecule has 2 atom stereocenters. The van der Waals surface area contributed by atoms with Crippen LogP contribution in [0.4, 0.5) is 19.0 Å². The maximum Gasteiger partial charge on any atom is 0.393 e. The minimum absolute atomic E-state index is 0.0875. The highest BCUT2D eigenvalue weighted by Crippen LogP contribution is 2.44. The number of thiophene rings is 1. The van der Waals surface area contributed by atoms with E-state index in [4.69, 9.17) is 4.98 Å². The molecule has 3 aliphatic rings. The van der Waals surface area contributed by atoms with E-state index in [0.29, 0.717) is 54.5 Å². The number of alkyl halides is 3. The highest BCUT2D eigenvalue weighted by Gasteiger charge is 2.44. The Hall–Kier alpha value is -3.33. The van der Waals surface area contributed by atoms with Gasteiger partial charge in [-0.3, -0.25) is 9.80 Å². The number of likely N-dealkylation sites (tertiary alicyclic amines) is 1. The van der Waals surface area contributed by atoms with Gasteiger partial charge in [-0.05, 0) is 69.5 Å². The lowest BCUT2D eigenvalue weighted by Gasteiger charge is -2.37. The molecule has 3 aromatic heterocycles. The Kier molecular flexibility index (Phi) is 9.60. The monoisotopic (exact) mass is 743 g/mol. The summed E-state index contributed by atoms with van der Waals surface area (Å²) in [6, 6.07) is 10.4. The van der Waals surface area contributed by atoms with E-state index in [1.807, 2.05) is 6.07 Å². The van der Waals surface area contributed by atoms with Gasteiger partial charge in [0.25, 0.3) is 10.2 Å². The molecule has 3 fully saturated rings. The molecule has 274 valence electrons. The van der Waals surface area contributed by atoms with Gasteiger partial charge in [-0.2, -0.15) is 31.2 Å². The first-order valence-corrected chi connectivity index (χ1v) is 19.7.